The van der Waals surface area contributed by atoms with Gasteiger partial charge in [-0.05, 0) is 47.9 Å². The second kappa shape index (κ2) is 41.1. The summed E-state index contributed by atoms with van der Waals surface area (Å²) >= 11 is 0. The molecule has 6 aliphatic rings. The van der Waals surface area contributed by atoms with E-state index < -0.39 is 266 Å². The second-order valence-electron chi connectivity index (χ2n) is 34.8. The molecule has 23 atom stereocenters. The van der Waals surface area contributed by atoms with Crippen molar-refractivity contribution >= 4 is 125 Å². The summed E-state index contributed by atoms with van der Waals surface area (Å²) in [6.45, 7) is -4.25. The number of methoxy groups -OCH3 is 2. The molecule has 14 aromatic rings. The van der Waals surface area contributed by atoms with Gasteiger partial charge in [-0.2, -0.15) is 19.9 Å². The Morgan fingerprint density at radius 3 is 1.00 bits per heavy atom. The van der Waals surface area contributed by atoms with E-state index in [1.807, 2.05) is 12.1 Å². The lowest BCUT2D eigenvalue weighted by Gasteiger charge is -2.37. The number of fused-ring (bicyclic) bond motifs is 5. The first-order valence-electron chi connectivity index (χ1n) is 45.1. The number of ether oxygens (including phenoxy) is 9. The van der Waals surface area contributed by atoms with E-state index in [1.54, 1.807) is 66.7 Å². The highest BCUT2D eigenvalue weighted by molar-refractivity contribution is 7.48. The van der Waals surface area contributed by atoms with Gasteiger partial charge in [0.15, 0.2) is 56.1 Å². The Balaban J connectivity index is 0.544. The van der Waals surface area contributed by atoms with Gasteiger partial charge in [0.2, 0.25) is 23.8 Å². The molecule has 0 radical (unpaired) electrons. The highest BCUT2D eigenvalue weighted by Gasteiger charge is 2.53. The van der Waals surface area contributed by atoms with Crippen LogP contribution >= 0.6 is 39.1 Å². The fourth-order valence-corrected chi connectivity index (χ4v) is 23.1. The van der Waals surface area contributed by atoms with E-state index in [4.69, 9.17) is 117 Å². The summed E-state index contributed by atoms with van der Waals surface area (Å²) in [5.41, 5.74) is 24.0. The third-order valence-corrected chi connectivity index (χ3v) is 30.4. The Morgan fingerprint density at radius 1 is 0.362 bits per heavy atom. The van der Waals surface area contributed by atoms with Crippen molar-refractivity contribution in [3.8, 4) is 11.5 Å². The van der Waals surface area contributed by atoms with Gasteiger partial charge in [-0.25, -0.2) is 62.5 Å². The molecule has 17 heterocycles. The number of hydrogen-bond donors (Lipinski definition) is 16. The fourth-order valence-electron chi connectivity index (χ4n) is 18.3. The van der Waals surface area contributed by atoms with Crippen molar-refractivity contribution in [3.05, 3.63) is 208 Å². The SMILES string of the molecule is COc1ccc(C(OCC2OC(n3cc(C)c(=O)[nH]c3=O)CC2OP(=O)(O)OCC2OC(n3cnc4c(=O)[nH]c(N)nc43)CC2OP(=O)(O)OCC2OC(n3cnc4c(=O)[nH]c(N)nc43)CC2OP(=O)(O)OCC2OC(n3cnc4c(=O)[nH]c(N)nc43)CC2OP(=O)(O)OCC2OC(n3cnc4c(N)ncnc43)CC2OP(=O)(O)OCC2OC(n3cnc4c(=O)[nH]c(N)nc43)CC2O)(c2ccccc2)c2ccc(OC)cc2)cc1. The van der Waals surface area contributed by atoms with Crippen LogP contribution in [0.4, 0.5) is 29.6 Å². The van der Waals surface area contributed by atoms with Gasteiger partial charge in [0.1, 0.15) is 133 Å². The zero-order valence-electron chi connectivity index (χ0n) is 77.6. The third kappa shape index (κ3) is 21.6. The lowest BCUT2D eigenvalue weighted by atomic mass is 9.80. The van der Waals surface area contributed by atoms with E-state index in [0.717, 1.165) is 39.0 Å². The normalized spacial score (nSPS) is 26.3. The lowest BCUT2D eigenvalue weighted by molar-refractivity contribution is -0.0952. The van der Waals surface area contributed by atoms with Crippen molar-refractivity contribution in [1.29, 1.82) is 0 Å². The summed E-state index contributed by atoms with van der Waals surface area (Å²) in [6, 6.07) is 23.0. The van der Waals surface area contributed by atoms with E-state index in [9.17, 15) is 81.2 Å². The summed E-state index contributed by atoms with van der Waals surface area (Å²) in [7, 11) is -25.0. The van der Waals surface area contributed by atoms with E-state index >= 15 is 0 Å². The number of nitrogens with zero attached hydrogens (tertiary/aromatic N) is 17. The molecule has 6 saturated heterocycles. The van der Waals surface area contributed by atoms with Crippen LogP contribution in [0.5, 0.6) is 11.5 Å². The molecule has 6 aliphatic heterocycles. The molecule has 792 valence electrons. The van der Waals surface area contributed by atoms with Crippen LogP contribution < -0.4 is 71.6 Å². The molecule has 11 aromatic heterocycles. The molecule has 63 nitrogen and oxygen atoms in total. The first-order chi connectivity index (χ1) is 71.1. The van der Waals surface area contributed by atoms with Crippen molar-refractivity contribution in [2.75, 3.05) is 82.5 Å². The largest absolute Gasteiger partial charge is 0.497 e. The van der Waals surface area contributed by atoms with Gasteiger partial charge in [-0.1, -0.05) is 54.6 Å². The van der Waals surface area contributed by atoms with Crippen LogP contribution in [0.3, 0.4) is 0 Å². The molecular formula is C81H92N27O36P5. The number of phosphoric ester groups is 5. The highest BCUT2D eigenvalue weighted by atomic mass is 31.2. The van der Waals surface area contributed by atoms with Crippen LogP contribution in [0.2, 0.25) is 0 Å². The zero-order chi connectivity index (χ0) is 105. The number of aromatic nitrogens is 22. The maximum absolute atomic E-state index is 14.9. The number of nitrogens with two attached hydrogens (primary N) is 5. The fraction of sp³-hybridized carbons (Fsp3) is 0.420. The average Bonchev–Trinajstić information content (AvgIpc) is 1.73. The molecular weight excluding hydrogens is 2080 g/mol. The van der Waals surface area contributed by atoms with Gasteiger partial charge < -0.3 is 101 Å². The molecule has 23 unspecified atom stereocenters. The van der Waals surface area contributed by atoms with Gasteiger partial charge >= 0.3 is 44.8 Å². The molecule has 6 fully saturated rings. The predicted molar refractivity (Wildman–Crippen MR) is 505 cm³/mol. The average molecular weight is 2170 g/mol. The molecule has 3 aromatic carbocycles. The summed E-state index contributed by atoms with van der Waals surface area (Å²) in [4.78, 5) is 195. The summed E-state index contributed by atoms with van der Waals surface area (Å²) in [5, 5.41) is 11.1. The molecule has 149 heavy (non-hydrogen) atoms. The standard InChI is InChI=1S/C81H92N27O36P5/c1-36-23-103(80(115)102-71(36)110)55-18-43(49(135-55)24-128-81(37-7-5-4-6-8-37,38-9-13-40(126-2)14-10-38)39-11-15-41(127-3)16-12-39)140-146(118,119)130-27-51-45(20-57(137-51)106-33-91-62-68(106)95-77(84)99-73(62)112)143-148(122,123)132-29-53-47(22-59(139-53)108-35-93-64-70(108)97-79(86)101-75(64)114)144-149(124,125)133-28-52-46(21-58(138-52)107-34-92-63-69(107)96-78(85)100-74(63)113)142-147(120,121)131-26-50-44(19-56(136-50)104-31-89-60-65(82)87-30-88-66(60)104)141-145(116,117)129-25-48-42(109)17-54(134-48)105-32-90-61-67(105)94-76(83)98-72(61)111/h4-16,23,30-35,42-59,109H,17-22,24-29H2,1-3H3,(H,116,117)(H,118,119)(H,120,121)(H,122,123)(H,124,125)(H2,82,87,88)(H,102,110,115)(H3,83,94,98,111)(H3,84,95,99,112)(H3,85,96,100,113)(H3,86,97,101,114). The van der Waals surface area contributed by atoms with Crippen molar-refractivity contribution in [2.45, 2.75) is 162 Å². The molecule has 0 aliphatic carbocycles. The molecule has 0 bridgehead atoms. The van der Waals surface area contributed by atoms with Crippen molar-refractivity contribution in [3.63, 3.8) is 0 Å². The van der Waals surface area contributed by atoms with E-state index in [0.29, 0.717) is 28.2 Å². The topological polar surface area (TPSA) is 865 Å². The molecule has 68 heteroatoms. The van der Waals surface area contributed by atoms with Gasteiger partial charge in [-0.3, -0.25) is 122 Å². The minimum Gasteiger partial charge on any atom is -0.497 e. The van der Waals surface area contributed by atoms with Crippen molar-refractivity contribution < 1.29 is 140 Å². The number of anilines is 5. The number of aliphatic hydroxyl groups excluding tert-OH is 1. The Bertz CT molecular complexity index is 8000. The molecule has 0 saturated carbocycles. The van der Waals surface area contributed by atoms with Crippen LogP contribution in [0.1, 0.15) is 98.1 Å². The number of benzene rings is 3. The van der Waals surface area contributed by atoms with E-state index in [1.165, 1.54) is 53.7 Å². The number of imidazole rings is 5. The number of aromatic amines is 5. The minimum atomic E-state index is -5.73. The molecule has 20 rings (SSSR count). The smallest absolute Gasteiger partial charge is 0.472 e. The van der Waals surface area contributed by atoms with E-state index in [2.05, 4.69) is 79.7 Å². The third-order valence-electron chi connectivity index (χ3n) is 25.3. The summed E-state index contributed by atoms with van der Waals surface area (Å²) in [6.07, 6.45) is -22.2. The number of nitrogen functional groups attached to an aromatic ring is 5. The quantitative estimate of drug-likeness (QED) is 0.0193. The Labute approximate surface area is 831 Å². The van der Waals surface area contributed by atoms with Crippen LogP contribution in [0.15, 0.2) is 152 Å². The van der Waals surface area contributed by atoms with Gasteiger partial charge in [0, 0.05) is 50.3 Å². The number of nitrogens with one attached hydrogen (secondary N) is 5. The summed E-state index contributed by atoms with van der Waals surface area (Å²) < 4.78 is 194. The van der Waals surface area contributed by atoms with Crippen molar-refractivity contribution in [1.82, 2.24) is 107 Å². The maximum Gasteiger partial charge on any atom is 0.472 e. The first kappa shape index (κ1) is 103. The predicted octanol–water partition coefficient (Wildman–Crippen LogP) is 1.75. The summed E-state index contributed by atoms with van der Waals surface area (Å²) in [5.74, 6) is -0.494. The Hall–Kier alpha value is -12.9. The van der Waals surface area contributed by atoms with Crippen LogP contribution in [0.25, 0.3) is 55.8 Å². The number of H-pyrrole nitrogens is 5. The number of aryl methyl sites for hydroxylation is 1. The molecule has 0 amide bonds. The minimum absolute atomic E-state index is 0.000710. The Kier molecular flexibility index (Phi) is 28.5. The van der Waals surface area contributed by atoms with Gasteiger partial charge in [0.05, 0.1) is 91.6 Å². The monoisotopic (exact) mass is 2170 g/mol. The lowest BCUT2D eigenvalue weighted by Crippen LogP contribution is -2.38. The van der Waals surface area contributed by atoms with Gasteiger partial charge in [-0.15, -0.1) is 0 Å². The van der Waals surface area contributed by atoms with Crippen LogP contribution in [-0.2, 0) is 107 Å². The molecule has 0 spiro atoms. The van der Waals surface area contributed by atoms with Crippen LogP contribution in [0, 0.1) is 6.92 Å². The van der Waals surface area contributed by atoms with Gasteiger partial charge in [0.25, 0.3) is 27.8 Å². The maximum atomic E-state index is 14.9. The first-order valence-corrected chi connectivity index (χ1v) is 52.6. The second-order valence-corrected chi connectivity index (χ2v) is 41.8. The number of hydrogen-bond acceptors (Lipinski definition) is 47. The number of rotatable bonds is 39. The molecule has 21 N–H and O–H groups in total. The van der Waals surface area contributed by atoms with E-state index in [-0.39, 0.29) is 91.9 Å². The zero-order valence-corrected chi connectivity index (χ0v) is 82.1. The number of phosphoric acid groups is 5. The van der Waals surface area contributed by atoms with Crippen molar-refractivity contribution in [2.24, 2.45) is 0 Å². The Morgan fingerprint density at radius 2 is 0.658 bits per heavy atom. The number of aliphatic hydroxyl groups is 1. The van der Waals surface area contributed by atoms with Crippen LogP contribution in [-0.4, -0.2) is 264 Å². The highest BCUT2D eigenvalue weighted by Crippen LogP contribution is 2.58.